The van der Waals surface area contributed by atoms with Crippen molar-refractivity contribution < 1.29 is 9.53 Å². The van der Waals surface area contributed by atoms with Crippen LogP contribution in [0.2, 0.25) is 0 Å². The fourth-order valence-corrected chi connectivity index (χ4v) is 5.28. The molecule has 2 fully saturated rings. The molecule has 0 radical (unpaired) electrons. The zero-order valence-electron chi connectivity index (χ0n) is 19.5. The molecular formula is C28H38N2O2. The van der Waals surface area contributed by atoms with Crippen molar-refractivity contribution in [2.24, 2.45) is 11.8 Å². The number of benzene rings is 2. The summed E-state index contributed by atoms with van der Waals surface area (Å²) in [6, 6.07) is 19.1. The van der Waals surface area contributed by atoms with Crippen molar-refractivity contribution in [2.45, 2.75) is 51.5 Å². The number of likely N-dealkylation sites (tertiary alicyclic amines) is 2. The van der Waals surface area contributed by atoms with Gasteiger partial charge in [0, 0.05) is 26.1 Å². The first kappa shape index (κ1) is 22.8. The average molecular weight is 435 g/mol. The van der Waals surface area contributed by atoms with Gasteiger partial charge in [-0.2, -0.15) is 0 Å². The molecule has 2 saturated heterocycles. The molecule has 172 valence electrons. The van der Waals surface area contributed by atoms with Crippen LogP contribution in [0.4, 0.5) is 0 Å². The van der Waals surface area contributed by atoms with Gasteiger partial charge in [0.1, 0.15) is 5.75 Å². The first-order valence-electron chi connectivity index (χ1n) is 12.4. The summed E-state index contributed by atoms with van der Waals surface area (Å²) >= 11 is 0. The molecule has 2 aliphatic heterocycles. The lowest BCUT2D eigenvalue weighted by Crippen LogP contribution is -2.39. The zero-order valence-corrected chi connectivity index (χ0v) is 19.5. The van der Waals surface area contributed by atoms with Crippen molar-refractivity contribution in [3.63, 3.8) is 0 Å². The lowest BCUT2D eigenvalue weighted by Gasteiger charge is -2.34. The van der Waals surface area contributed by atoms with Crippen molar-refractivity contribution in [3.8, 4) is 5.75 Å². The van der Waals surface area contributed by atoms with Crippen molar-refractivity contribution in [1.29, 1.82) is 0 Å². The SMILES string of the molecule is COc1cccc(CN2CCC(CCC(=O)N3CCC(Cc4ccccc4)CC3)CC2)c1. The highest BCUT2D eigenvalue weighted by Crippen LogP contribution is 2.26. The molecule has 0 saturated carbocycles. The van der Waals surface area contributed by atoms with Gasteiger partial charge >= 0.3 is 0 Å². The Morgan fingerprint density at radius 3 is 2.28 bits per heavy atom. The molecule has 4 rings (SSSR count). The van der Waals surface area contributed by atoms with E-state index < -0.39 is 0 Å². The Bertz CT molecular complexity index is 838. The smallest absolute Gasteiger partial charge is 0.222 e. The maximum atomic E-state index is 12.8. The Labute approximate surface area is 193 Å². The second-order valence-electron chi connectivity index (χ2n) is 9.62. The number of carbonyl (C=O) groups excluding carboxylic acids is 1. The van der Waals surface area contributed by atoms with E-state index in [9.17, 15) is 4.79 Å². The maximum Gasteiger partial charge on any atom is 0.222 e. The van der Waals surface area contributed by atoms with E-state index in [2.05, 4.69) is 58.3 Å². The summed E-state index contributed by atoms with van der Waals surface area (Å²) in [4.78, 5) is 17.4. The van der Waals surface area contributed by atoms with Crippen LogP contribution in [0.25, 0.3) is 0 Å². The van der Waals surface area contributed by atoms with Crippen LogP contribution in [-0.4, -0.2) is 49.0 Å². The number of carbonyl (C=O) groups is 1. The van der Waals surface area contributed by atoms with Crippen molar-refractivity contribution >= 4 is 5.91 Å². The maximum absolute atomic E-state index is 12.8. The summed E-state index contributed by atoms with van der Waals surface area (Å²) in [5.41, 5.74) is 2.74. The summed E-state index contributed by atoms with van der Waals surface area (Å²) in [5.74, 6) is 2.72. The Hall–Kier alpha value is -2.33. The van der Waals surface area contributed by atoms with Gasteiger partial charge in [-0.15, -0.1) is 0 Å². The minimum absolute atomic E-state index is 0.377. The first-order chi connectivity index (χ1) is 15.7. The molecular weight excluding hydrogens is 396 g/mol. The first-order valence-corrected chi connectivity index (χ1v) is 12.4. The van der Waals surface area contributed by atoms with Gasteiger partial charge in [-0.25, -0.2) is 0 Å². The number of methoxy groups -OCH3 is 1. The Morgan fingerprint density at radius 1 is 0.875 bits per heavy atom. The quantitative estimate of drug-likeness (QED) is 0.575. The van der Waals surface area contributed by atoms with E-state index in [-0.39, 0.29) is 0 Å². The van der Waals surface area contributed by atoms with Gasteiger partial charge in [0.05, 0.1) is 7.11 Å². The number of rotatable bonds is 8. The molecule has 2 heterocycles. The monoisotopic (exact) mass is 434 g/mol. The number of amides is 1. The summed E-state index contributed by atoms with van der Waals surface area (Å²) in [6.07, 6.45) is 7.62. The highest BCUT2D eigenvalue weighted by Gasteiger charge is 2.25. The topological polar surface area (TPSA) is 32.8 Å². The van der Waals surface area contributed by atoms with Crippen LogP contribution < -0.4 is 4.74 Å². The summed E-state index contributed by atoms with van der Waals surface area (Å²) in [7, 11) is 1.72. The Morgan fingerprint density at radius 2 is 1.56 bits per heavy atom. The number of hydrogen-bond donors (Lipinski definition) is 0. The predicted molar refractivity (Wildman–Crippen MR) is 130 cm³/mol. The van der Waals surface area contributed by atoms with Crippen LogP contribution in [0, 0.1) is 11.8 Å². The van der Waals surface area contributed by atoms with Crippen molar-refractivity contribution in [1.82, 2.24) is 9.80 Å². The fourth-order valence-electron chi connectivity index (χ4n) is 5.28. The molecule has 0 aromatic heterocycles. The number of nitrogens with zero attached hydrogens (tertiary/aromatic N) is 2. The second-order valence-corrected chi connectivity index (χ2v) is 9.62. The predicted octanol–water partition coefficient (Wildman–Crippen LogP) is 5.17. The minimum atomic E-state index is 0.377. The van der Waals surface area contributed by atoms with Crippen LogP contribution >= 0.6 is 0 Å². The van der Waals surface area contributed by atoms with Gasteiger partial charge in [0.15, 0.2) is 0 Å². The van der Waals surface area contributed by atoms with E-state index in [1.165, 1.54) is 24.0 Å². The molecule has 2 aromatic rings. The number of piperidine rings is 2. The molecule has 0 unspecified atom stereocenters. The number of ether oxygens (including phenoxy) is 1. The third-order valence-electron chi connectivity index (χ3n) is 7.35. The Kier molecular flexibility index (Phi) is 8.22. The van der Waals surface area contributed by atoms with Gasteiger partial charge in [-0.3, -0.25) is 9.69 Å². The number of hydrogen-bond acceptors (Lipinski definition) is 3. The average Bonchev–Trinajstić information content (AvgIpc) is 2.85. The van der Waals surface area contributed by atoms with E-state index in [4.69, 9.17) is 4.74 Å². The van der Waals surface area contributed by atoms with Crippen molar-refractivity contribution in [2.75, 3.05) is 33.3 Å². The van der Waals surface area contributed by atoms with Gasteiger partial charge in [-0.05, 0) is 86.7 Å². The molecule has 0 bridgehead atoms. The third kappa shape index (κ3) is 6.59. The summed E-state index contributed by atoms with van der Waals surface area (Å²) < 4.78 is 5.34. The zero-order chi connectivity index (χ0) is 22.2. The normalized spacial score (nSPS) is 18.6. The lowest BCUT2D eigenvalue weighted by atomic mass is 9.89. The fraction of sp³-hybridized carbons (Fsp3) is 0.536. The molecule has 0 atom stereocenters. The summed E-state index contributed by atoms with van der Waals surface area (Å²) in [5, 5.41) is 0. The second kappa shape index (κ2) is 11.5. The standard InChI is InChI=1S/C28H38N2O2/c1-32-27-9-5-8-26(21-27)22-29-16-12-23(13-17-29)10-11-28(31)30-18-14-25(15-19-30)20-24-6-3-2-4-7-24/h2-9,21,23,25H,10-20,22H2,1H3. The van der Waals surface area contributed by atoms with Crippen LogP contribution in [0.5, 0.6) is 5.75 Å². The highest BCUT2D eigenvalue weighted by molar-refractivity contribution is 5.76. The van der Waals surface area contributed by atoms with Crippen LogP contribution in [0.3, 0.4) is 0 Å². The van der Waals surface area contributed by atoms with E-state index in [0.29, 0.717) is 11.8 Å². The Balaban J connectivity index is 1.13. The van der Waals surface area contributed by atoms with Gasteiger partial charge in [0.25, 0.3) is 0 Å². The molecule has 4 nitrogen and oxygen atoms in total. The molecule has 4 heteroatoms. The minimum Gasteiger partial charge on any atom is -0.497 e. The highest BCUT2D eigenvalue weighted by atomic mass is 16.5. The van der Waals surface area contributed by atoms with Gasteiger partial charge in [0.2, 0.25) is 5.91 Å². The molecule has 1 amide bonds. The van der Waals surface area contributed by atoms with E-state index in [0.717, 1.165) is 76.5 Å². The van der Waals surface area contributed by atoms with Crippen molar-refractivity contribution in [3.05, 3.63) is 65.7 Å². The molecule has 32 heavy (non-hydrogen) atoms. The van der Waals surface area contributed by atoms with E-state index in [1.807, 2.05) is 6.07 Å². The van der Waals surface area contributed by atoms with E-state index >= 15 is 0 Å². The van der Waals surface area contributed by atoms with Crippen LogP contribution in [0.1, 0.15) is 49.7 Å². The molecule has 0 aliphatic carbocycles. The summed E-state index contributed by atoms with van der Waals surface area (Å²) in [6.45, 7) is 5.12. The van der Waals surface area contributed by atoms with Crippen LogP contribution in [0.15, 0.2) is 54.6 Å². The van der Waals surface area contributed by atoms with Gasteiger partial charge < -0.3 is 9.64 Å². The third-order valence-corrected chi connectivity index (χ3v) is 7.35. The molecule has 0 spiro atoms. The molecule has 2 aromatic carbocycles. The molecule has 0 N–H and O–H groups in total. The van der Waals surface area contributed by atoms with E-state index in [1.54, 1.807) is 7.11 Å². The largest absolute Gasteiger partial charge is 0.497 e. The molecule has 2 aliphatic rings. The lowest BCUT2D eigenvalue weighted by molar-refractivity contribution is -0.133. The van der Waals surface area contributed by atoms with Crippen LogP contribution in [-0.2, 0) is 17.8 Å². The van der Waals surface area contributed by atoms with Gasteiger partial charge in [-0.1, -0.05) is 42.5 Å².